The molecule has 2 aromatic carbocycles. The summed E-state index contributed by atoms with van der Waals surface area (Å²) >= 11 is 18.7. The van der Waals surface area contributed by atoms with E-state index in [0.717, 1.165) is 36.2 Å². The van der Waals surface area contributed by atoms with Crippen molar-refractivity contribution in [2.45, 2.75) is 57.7 Å². The summed E-state index contributed by atoms with van der Waals surface area (Å²) in [6.07, 6.45) is 5.18. The molecule has 2 amide bonds. The Morgan fingerprint density at radius 2 is 1.76 bits per heavy atom. The Balaban J connectivity index is 1.96. The lowest BCUT2D eigenvalue weighted by Gasteiger charge is -2.33. The topological polar surface area (TPSA) is 96.0 Å². The normalized spacial score (nSPS) is 14.7. The predicted molar refractivity (Wildman–Crippen MR) is 152 cm³/mol. The van der Waals surface area contributed by atoms with E-state index in [1.54, 1.807) is 25.1 Å². The summed E-state index contributed by atoms with van der Waals surface area (Å²) in [4.78, 5) is 28.5. The Hall–Kier alpha value is -2.20. The lowest BCUT2D eigenvalue weighted by Crippen LogP contribution is -2.53. The van der Waals surface area contributed by atoms with Gasteiger partial charge in [0.2, 0.25) is 21.8 Å². The molecule has 8 nitrogen and oxygen atoms in total. The monoisotopic (exact) mass is 603 g/mol. The van der Waals surface area contributed by atoms with E-state index in [9.17, 15) is 18.0 Å². The van der Waals surface area contributed by atoms with E-state index in [1.807, 2.05) is 0 Å². The Morgan fingerprint density at radius 3 is 2.32 bits per heavy atom. The lowest BCUT2D eigenvalue weighted by atomic mass is 10.1. The number of hydrogen-bond acceptors (Lipinski definition) is 5. The number of rotatable bonds is 11. The third-order valence-corrected chi connectivity index (χ3v) is 8.57. The maximum Gasteiger partial charge on any atom is 0.244 e. The Bertz CT molecular complexity index is 1270. The van der Waals surface area contributed by atoms with Crippen molar-refractivity contribution < 1.29 is 22.7 Å². The number of methoxy groups -OCH3 is 1. The molecule has 2 aromatic rings. The van der Waals surface area contributed by atoms with Crippen LogP contribution in [-0.2, 0) is 26.2 Å². The standard InChI is InChI=1S/C26H32Cl3N3O5S/c1-4-23(26(34)30-19-7-5-6-8-19)31(15-17-9-10-18(27)13-21(17)28)25(33)16-32(38(3,35)36)20-11-12-24(37-2)22(29)14-20/h9-14,19,23H,4-8,15-16H2,1-3H3,(H,30,34)/t23-/m1/s1. The number of nitrogens with one attached hydrogen (secondary N) is 1. The van der Waals surface area contributed by atoms with Gasteiger partial charge >= 0.3 is 0 Å². The van der Waals surface area contributed by atoms with Gasteiger partial charge in [0.1, 0.15) is 18.3 Å². The number of amides is 2. The molecule has 0 heterocycles. The molecule has 1 atom stereocenters. The fourth-order valence-corrected chi connectivity index (χ4v) is 6.11. The molecule has 1 aliphatic rings. The van der Waals surface area contributed by atoms with Gasteiger partial charge in [-0.15, -0.1) is 0 Å². The first kappa shape index (κ1) is 30.3. The van der Waals surface area contributed by atoms with Crippen molar-refractivity contribution in [3.63, 3.8) is 0 Å². The number of halogens is 3. The van der Waals surface area contributed by atoms with Gasteiger partial charge in [-0.25, -0.2) is 8.42 Å². The van der Waals surface area contributed by atoms with Crippen LogP contribution < -0.4 is 14.4 Å². The molecule has 208 valence electrons. The van der Waals surface area contributed by atoms with Crippen molar-refractivity contribution in [1.29, 1.82) is 0 Å². The zero-order valence-corrected chi connectivity index (χ0v) is 24.6. The number of anilines is 1. The second kappa shape index (κ2) is 13.2. The van der Waals surface area contributed by atoms with Crippen molar-refractivity contribution in [3.05, 3.63) is 57.0 Å². The second-order valence-electron chi connectivity index (χ2n) is 9.26. The van der Waals surface area contributed by atoms with Crippen LogP contribution >= 0.6 is 34.8 Å². The van der Waals surface area contributed by atoms with Crippen LogP contribution in [-0.4, -0.2) is 57.1 Å². The number of carbonyl (C=O) groups excluding carboxylic acids is 2. The molecule has 3 rings (SSSR count). The first-order chi connectivity index (χ1) is 17.9. The second-order valence-corrected chi connectivity index (χ2v) is 12.4. The number of nitrogens with zero attached hydrogens (tertiary/aromatic N) is 2. The number of sulfonamides is 1. The Morgan fingerprint density at radius 1 is 1.08 bits per heavy atom. The summed E-state index contributed by atoms with van der Waals surface area (Å²) in [6, 6.07) is 8.55. The van der Waals surface area contributed by atoms with Crippen molar-refractivity contribution in [2.75, 3.05) is 24.2 Å². The van der Waals surface area contributed by atoms with Crippen LogP contribution in [0.25, 0.3) is 0 Å². The highest BCUT2D eigenvalue weighted by Gasteiger charge is 2.33. The molecule has 1 saturated carbocycles. The van der Waals surface area contributed by atoms with Gasteiger partial charge in [-0.3, -0.25) is 13.9 Å². The molecule has 0 aliphatic heterocycles. The summed E-state index contributed by atoms with van der Waals surface area (Å²) in [6.45, 7) is 1.26. The average Bonchev–Trinajstić information content (AvgIpc) is 3.35. The predicted octanol–water partition coefficient (Wildman–Crippen LogP) is 5.29. The number of benzene rings is 2. The summed E-state index contributed by atoms with van der Waals surface area (Å²) < 4.78 is 31.7. The fraction of sp³-hybridized carbons (Fsp3) is 0.462. The summed E-state index contributed by atoms with van der Waals surface area (Å²) in [5.41, 5.74) is 0.773. The van der Waals surface area contributed by atoms with Gasteiger partial charge in [-0.1, -0.05) is 60.6 Å². The van der Waals surface area contributed by atoms with Crippen LogP contribution in [0, 0.1) is 0 Å². The van der Waals surface area contributed by atoms with E-state index in [1.165, 1.54) is 30.2 Å². The van der Waals surface area contributed by atoms with Gasteiger partial charge in [-0.2, -0.15) is 0 Å². The number of carbonyl (C=O) groups is 2. The molecule has 1 aliphatic carbocycles. The van der Waals surface area contributed by atoms with Crippen molar-refractivity contribution in [3.8, 4) is 5.75 Å². The molecule has 38 heavy (non-hydrogen) atoms. The minimum Gasteiger partial charge on any atom is -0.495 e. The van der Waals surface area contributed by atoms with Crippen LogP contribution in [0.5, 0.6) is 5.75 Å². The fourth-order valence-electron chi connectivity index (χ4n) is 4.54. The van der Waals surface area contributed by atoms with Gasteiger partial charge in [0.15, 0.2) is 0 Å². The van der Waals surface area contributed by atoms with E-state index >= 15 is 0 Å². The first-order valence-corrected chi connectivity index (χ1v) is 15.3. The van der Waals surface area contributed by atoms with E-state index in [2.05, 4.69) is 5.32 Å². The molecule has 0 bridgehead atoms. The minimum atomic E-state index is -3.90. The molecule has 0 unspecified atom stereocenters. The third-order valence-electron chi connectivity index (χ3n) is 6.55. The van der Waals surface area contributed by atoms with Gasteiger partial charge in [0.05, 0.1) is 24.1 Å². The maximum absolute atomic E-state index is 13.8. The smallest absolute Gasteiger partial charge is 0.244 e. The molecule has 1 N–H and O–H groups in total. The quantitative estimate of drug-likeness (QED) is 0.376. The van der Waals surface area contributed by atoms with E-state index in [4.69, 9.17) is 39.5 Å². The molecule has 0 radical (unpaired) electrons. The summed E-state index contributed by atoms with van der Waals surface area (Å²) in [5, 5.41) is 4.02. The summed E-state index contributed by atoms with van der Waals surface area (Å²) in [7, 11) is -2.45. The van der Waals surface area contributed by atoms with Crippen molar-refractivity contribution in [2.24, 2.45) is 0 Å². The Labute approximate surface area is 239 Å². The molecular formula is C26H32Cl3N3O5S. The Kier molecular flexibility index (Phi) is 10.6. The molecule has 12 heteroatoms. The third kappa shape index (κ3) is 7.68. The zero-order chi connectivity index (χ0) is 28.0. The zero-order valence-electron chi connectivity index (χ0n) is 21.5. The van der Waals surface area contributed by atoms with Crippen molar-refractivity contribution in [1.82, 2.24) is 10.2 Å². The van der Waals surface area contributed by atoms with Crippen LogP contribution in [0.4, 0.5) is 5.69 Å². The SMILES string of the molecule is CC[C@H](C(=O)NC1CCCC1)N(Cc1ccc(Cl)cc1Cl)C(=O)CN(c1ccc(OC)c(Cl)c1)S(C)(=O)=O. The van der Waals surface area contributed by atoms with E-state index in [0.29, 0.717) is 27.8 Å². The minimum absolute atomic E-state index is 0.00754. The van der Waals surface area contributed by atoms with Crippen LogP contribution in [0.1, 0.15) is 44.6 Å². The molecule has 0 spiro atoms. The maximum atomic E-state index is 13.8. The molecule has 0 aromatic heterocycles. The van der Waals surface area contributed by atoms with Gasteiger partial charge in [0.25, 0.3) is 0 Å². The van der Waals surface area contributed by atoms with Crippen LogP contribution in [0.15, 0.2) is 36.4 Å². The molecular weight excluding hydrogens is 573 g/mol. The van der Waals surface area contributed by atoms with Gasteiger partial charge < -0.3 is 15.0 Å². The first-order valence-electron chi connectivity index (χ1n) is 12.3. The number of ether oxygens (including phenoxy) is 1. The van der Waals surface area contributed by atoms with Crippen LogP contribution in [0.3, 0.4) is 0 Å². The highest BCUT2D eigenvalue weighted by atomic mass is 35.5. The highest BCUT2D eigenvalue weighted by molar-refractivity contribution is 7.92. The van der Waals surface area contributed by atoms with Gasteiger partial charge in [-0.05, 0) is 55.2 Å². The van der Waals surface area contributed by atoms with Gasteiger partial charge in [0, 0.05) is 22.6 Å². The largest absolute Gasteiger partial charge is 0.495 e. The van der Waals surface area contributed by atoms with Crippen LogP contribution in [0.2, 0.25) is 15.1 Å². The average molecular weight is 605 g/mol. The van der Waals surface area contributed by atoms with Crippen molar-refractivity contribution >= 4 is 62.3 Å². The van der Waals surface area contributed by atoms with E-state index in [-0.39, 0.29) is 29.2 Å². The summed E-state index contributed by atoms with van der Waals surface area (Å²) in [5.74, 6) is -0.484. The highest BCUT2D eigenvalue weighted by Crippen LogP contribution is 2.31. The molecule has 1 fully saturated rings. The number of hydrogen-bond donors (Lipinski definition) is 1. The van der Waals surface area contributed by atoms with E-state index < -0.39 is 28.5 Å². The molecule has 0 saturated heterocycles. The lowest BCUT2D eigenvalue weighted by molar-refractivity contribution is -0.140.